The SMILES string of the molecule is C[C@H](NCC(C#N)c1ccccc1)c1cccc(Cl)c1. The molecule has 0 bridgehead atoms. The third kappa shape index (κ3) is 3.84. The summed E-state index contributed by atoms with van der Waals surface area (Å²) in [5.74, 6) is -0.141. The predicted molar refractivity (Wildman–Crippen MR) is 82.7 cm³/mol. The lowest BCUT2D eigenvalue weighted by molar-refractivity contribution is 0.558. The van der Waals surface area contributed by atoms with Crippen LogP contribution >= 0.6 is 11.6 Å². The summed E-state index contributed by atoms with van der Waals surface area (Å²) in [5.41, 5.74) is 2.17. The van der Waals surface area contributed by atoms with E-state index in [0.29, 0.717) is 6.54 Å². The maximum atomic E-state index is 9.30. The number of hydrogen-bond acceptors (Lipinski definition) is 2. The van der Waals surface area contributed by atoms with Gasteiger partial charge in [-0.15, -0.1) is 0 Å². The molecule has 2 aromatic carbocycles. The van der Waals surface area contributed by atoms with Gasteiger partial charge in [0.2, 0.25) is 0 Å². The molecule has 0 aliphatic carbocycles. The molecule has 0 saturated heterocycles. The van der Waals surface area contributed by atoms with E-state index in [1.807, 2.05) is 54.6 Å². The molecule has 2 aromatic rings. The minimum absolute atomic E-state index is 0.141. The van der Waals surface area contributed by atoms with Gasteiger partial charge in [0.15, 0.2) is 0 Å². The van der Waals surface area contributed by atoms with Crippen LogP contribution in [0.25, 0.3) is 0 Å². The minimum Gasteiger partial charge on any atom is -0.309 e. The molecule has 102 valence electrons. The van der Waals surface area contributed by atoms with Gasteiger partial charge in [0.25, 0.3) is 0 Å². The number of halogens is 1. The predicted octanol–water partition coefficient (Wildman–Crippen LogP) is 4.30. The largest absolute Gasteiger partial charge is 0.309 e. The Hall–Kier alpha value is -1.82. The molecule has 20 heavy (non-hydrogen) atoms. The summed E-state index contributed by atoms with van der Waals surface area (Å²) in [6.45, 7) is 2.69. The van der Waals surface area contributed by atoms with Gasteiger partial charge in [-0.2, -0.15) is 5.26 Å². The normalized spacial score (nSPS) is 13.4. The van der Waals surface area contributed by atoms with E-state index in [9.17, 15) is 5.26 Å². The molecule has 0 radical (unpaired) electrons. The summed E-state index contributed by atoms with van der Waals surface area (Å²) in [4.78, 5) is 0. The van der Waals surface area contributed by atoms with Crippen molar-refractivity contribution in [2.24, 2.45) is 0 Å². The molecule has 2 rings (SSSR count). The van der Waals surface area contributed by atoms with Gasteiger partial charge in [-0.3, -0.25) is 0 Å². The Balaban J connectivity index is 1.99. The molecule has 2 nitrogen and oxygen atoms in total. The smallest absolute Gasteiger partial charge is 0.0837 e. The highest BCUT2D eigenvalue weighted by atomic mass is 35.5. The monoisotopic (exact) mass is 284 g/mol. The number of nitrogens with zero attached hydrogens (tertiary/aromatic N) is 1. The first-order valence-corrected chi connectivity index (χ1v) is 7.02. The van der Waals surface area contributed by atoms with Crippen molar-refractivity contribution in [2.75, 3.05) is 6.54 Å². The Morgan fingerprint density at radius 3 is 2.45 bits per heavy atom. The van der Waals surface area contributed by atoms with Crippen LogP contribution < -0.4 is 5.32 Å². The van der Waals surface area contributed by atoms with Crippen LogP contribution in [0, 0.1) is 11.3 Å². The van der Waals surface area contributed by atoms with Crippen molar-refractivity contribution in [2.45, 2.75) is 18.9 Å². The molecule has 0 aliphatic rings. The van der Waals surface area contributed by atoms with Crippen molar-refractivity contribution >= 4 is 11.6 Å². The zero-order valence-corrected chi connectivity index (χ0v) is 12.1. The summed E-state index contributed by atoms with van der Waals surface area (Å²) < 4.78 is 0. The summed E-state index contributed by atoms with van der Waals surface area (Å²) in [7, 11) is 0. The second kappa shape index (κ2) is 7.09. The Morgan fingerprint density at radius 2 is 1.80 bits per heavy atom. The molecule has 1 unspecified atom stereocenters. The number of rotatable bonds is 5. The molecule has 0 saturated carbocycles. The average molecular weight is 285 g/mol. The Morgan fingerprint density at radius 1 is 1.10 bits per heavy atom. The van der Waals surface area contributed by atoms with E-state index in [2.05, 4.69) is 18.3 Å². The summed E-state index contributed by atoms with van der Waals surface area (Å²) in [6, 6.07) is 20.1. The lowest BCUT2D eigenvalue weighted by atomic mass is 10.00. The molecule has 0 aliphatic heterocycles. The van der Waals surface area contributed by atoms with Crippen LogP contribution in [0.4, 0.5) is 0 Å². The number of nitriles is 1. The van der Waals surface area contributed by atoms with Crippen molar-refractivity contribution in [3.05, 3.63) is 70.7 Å². The molecular weight excluding hydrogens is 268 g/mol. The lowest BCUT2D eigenvalue weighted by Crippen LogP contribution is -2.24. The summed E-state index contributed by atoms with van der Waals surface area (Å²) in [6.07, 6.45) is 0. The molecule has 0 aromatic heterocycles. The van der Waals surface area contributed by atoms with Crippen LogP contribution in [0.15, 0.2) is 54.6 Å². The molecule has 0 fully saturated rings. The zero-order chi connectivity index (χ0) is 14.4. The number of benzene rings is 2. The highest BCUT2D eigenvalue weighted by molar-refractivity contribution is 6.30. The third-order valence-corrected chi connectivity index (χ3v) is 3.57. The molecule has 0 spiro atoms. The van der Waals surface area contributed by atoms with Gasteiger partial charge in [0.1, 0.15) is 0 Å². The number of hydrogen-bond donors (Lipinski definition) is 1. The van der Waals surface area contributed by atoms with Crippen LogP contribution in [-0.2, 0) is 0 Å². The Labute approximate surface area is 125 Å². The maximum absolute atomic E-state index is 9.30. The van der Waals surface area contributed by atoms with Gasteiger partial charge in [-0.25, -0.2) is 0 Å². The van der Waals surface area contributed by atoms with Crippen molar-refractivity contribution in [1.82, 2.24) is 5.32 Å². The molecule has 1 N–H and O–H groups in total. The molecular formula is C17H17ClN2. The third-order valence-electron chi connectivity index (χ3n) is 3.33. The van der Waals surface area contributed by atoms with Gasteiger partial charge < -0.3 is 5.32 Å². The summed E-state index contributed by atoms with van der Waals surface area (Å²) >= 11 is 5.99. The van der Waals surface area contributed by atoms with E-state index in [-0.39, 0.29) is 12.0 Å². The van der Waals surface area contributed by atoms with Crippen LogP contribution in [0.5, 0.6) is 0 Å². The topological polar surface area (TPSA) is 35.8 Å². The second-order valence-corrected chi connectivity index (χ2v) is 5.21. The lowest BCUT2D eigenvalue weighted by Gasteiger charge is -2.17. The van der Waals surface area contributed by atoms with E-state index in [1.165, 1.54) is 0 Å². The zero-order valence-electron chi connectivity index (χ0n) is 11.4. The molecule has 0 heterocycles. The van der Waals surface area contributed by atoms with Crippen molar-refractivity contribution < 1.29 is 0 Å². The fraction of sp³-hybridized carbons (Fsp3) is 0.235. The Bertz CT molecular complexity index is 589. The van der Waals surface area contributed by atoms with E-state index in [1.54, 1.807) is 0 Å². The van der Waals surface area contributed by atoms with Crippen LogP contribution in [0.3, 0.4) is 0 Å². The first kappa shape index (κ1) is 14.6. The van der Waals surface area contributed by atoms with Crippen LogP contribution in [0.2, 0.25) is 5.02 Å². The first-order chi connectivity index (χ1) is 9.70. The molecule has 2 atom stereocenters. The van der Waals surface area contributed by atoms with E-state index in [0.717, 1.165) is 16.1 Å². The molecule has 3 heteroatoms. The van der Waals surface area contributed by atoms with E-state index in [4.69, 9.17) is 11.6 Å². The minimum atomic E-state index is -0.141. The van der Waals surface area contributed by atoms with E-state index >= 15 is 0 Å². The van der Waals surface area contributed by atoms with Gasteiger partial charge in [0, 0.05) is 17.6 Å². The number of nitrogens with one attached hydrogen (secondary N) is 1. The van der Waals surface area contributed by atoms with Crippen molar-refractivity contribution in [1.29, 1.82) is 5.26 Å². The van der Waals surface area contributed by atoms with E-state index < -0.39 is 0 Å². The second-order valence-electron chi connectivity index (χ2n) is 4.78. The van der Waals surface area contributed by atoms with Crippen LogP contribution in [-0.4, -0.2) is 6.54 Å². The van der Waals surface area contributed by atoms with Gasteiger partial charge >= 0.3 is 0 Å². The first-order valence-electron chi connectivity index (χ1n) is 6.64. The average Bonchev–Trinajstić information content (AvgIpc) is 2.49. The quantitative estimate of drug-likeness (QED) is 0.889. The summed E-state index contributed by atoms with van der Waals surface area (Å²) in [5, 5.41) is 13.4. The fourth-order valence-electron chi connectivity index (χ4n) is 2.11. The maximum Gasteiger partial charge on any atom is 0.0837 e. The fourth-order valence-corrected chi connectivity index (χ4v) is 2.31. The van der Waals surface area contributed by atoms with Crippen LogP contribution in [0.1, 0.15) is 30.0 Å². The van der Waals surface area contributed by atoms with Crippen molar-refractivity contribution in [3.8, 4) is 6.07 Å². The van der Waals surface area contributed by atoms with Gasteiger partial charge in [-0.05, 0) is 30.2 Å². The van der Waals surface area contributed by atoms with Gasteiger partial charge in [-0.1, -0.05) is 54.1 Å². The van der Waals surface area contributed by atoms with Crippen molar-refractivity contribution in [3.63, 3.8) is 0 Å². The highest BCUT2D eigenvalue weighted by Crippen LogP contribution is 2.19. The Kier molecular flexibility index (Phi) is 5.17. The highest BCUT2D eigenvalue weighted by Gasteiger charge is 2.12. The molecule has 0 amide bonds. The van der Waals surface area contributed by atoms with Gasteiger partial charge in [0.05, 0.1) is 12.0 Å². The standard InChI is InChI=1S/C17H17ClN2/c1-13(15-8-5-9-17(18)10-15)20-12-16(11-19)14-6-3-2-4-7-14/h2-10,13,16,20H,12H2,1H3/t13-,16?/m0/s1.